The summed E-state index contributed by atoms with van der Waals surface area (Å²) in [4.78, 5) is 44.8. The van der Waals surface area contributed by atoms with Crippen LogP contribution < -0.4 is 9.80 Å². The van der Waals surface area contributed by atoms with E-state index in [1.165, 1.54) is 0 Å². The van der Waals surface area contributed by atoms with Crippen molar-refractivity contribution < 1.29 is 23.9 Å². The van der Waals surface area contributed by atoms with E-state index in [-0.39, 0.29) is 24.1 Å². The van der Waals surface area contributed by atoms with E-state index in [1.54, 1.807) is 16.7 Å². The number of rotatable bonds is 4. The van der Waals surface area contributed by atoms with Gasteiger partial charge in [0.2, 0.25) is 5.91 Å². The monoisotopic (exact) mass is 629 g/mol. The first kappa shape index (κ1) is 33.0. The Bertz CT molecular complexity index is 1580. The van der Waals surface area contributed by atoms with Crippen LogP contribution in [0.5, 0.6) is 0 Å². The Labute approximate surface area is 272 Å². The highest BCUT2D eigenvalue weighted by molar-refractivity contribution is 6.05. The van der Waals surface area contributed by atoms with Gasteiger partial charge in [-0.05, 0) is 92.3 Å². The summed E-state index contributed by atoms with van der Waals surface area (Å²) in [6.45, 7) is 16.0. The second-order valence-electron chi connectivity index (χ2n) is 14.3. The zero-order chi connectivity index (χ0) is 33.4. The number of aromatic nitrogens is 2. The van der Waals surface area contributed by atoms with Gasteiger partial charge in [-0.1, -0.05) is 24.3 Å². The number of benzene rings is 2. The maximum absolute atomic E-state index is 14.1. The van der Waals surface area contributed by atoms with Crippen molar-refractivity contribution in [3.8, 4) is 11.1 Å². The molecule has 1 atom stereocenters. The predicted octanol–water partition coefficient (Wildman–Crippen LogP) is 7.88. The summed E-state index contributed by atoms with van der Waals surface area (Å²) in [6.07, 6.45) is 6.01. The molecule has 3 aromatic rings. The number of fused-ring (bicyclic) bond motifs is 1. The molecule has 1 saturated heterocycles. The fourth-order valence-electron chi connectivity index (χ4n) is 6.31. The molecule has 1 aromatic heterocycles. The van der Waals surface area contributed by atoms with E-state index < -0.39 is 17.3 Å². The lowest BCUT2D eigenvalue weighted by Crippen LogP contribution is -2.42. The highest BCUT2D eigenvalue weighted by Crippen LogP contribution is 2.46. The van der Waals surface area contributed by atoms with Gasteiger partial charge in [0.15, 0.2) is 0 Å². The number of ether oxygens (including phenoxy) is 2. The standard InChI is InChI=1S/C36H47N5O5/c1-24-14-15-30-31(40(24)25(2)42)17-16-29(32(30)41(28-12-10-9-11-13-28)34(44)46-36(6,7)8)26-22-37-39(23-26)27-18-20-38(21-19-27)33(43)45-35(3,4)5/h9-13,16-17,22-24,27H,14-15,18-21H2,1-8H3/t24-/m0/s1. The van der Waals surface area contributed by atoms with Crippen LogP contribution in [0, 0.1) is 0 Å². The number of carbonyl (C=O) groups is 3. The summed E-state index contributed by atoms with van der Waals surface area (Å²) >= 11 is 0. The molecule has 2 aliphatic heterocycles. The highest BCUT2D eigenvalue weighted by Gasteiger charge is 2.35. The summed E-state index contributed by atoms with van der Waals surface area (Å²) < 4.78 is 13.5. The molecule has 46 heavy (non-hydrogen) atoms. The Morgan fingerprint density at radius 2 is 1.54 bits per heavy atom. The van der Waals surface area contributed by atoms with Crippen LogP contribution >= 0.6 is 0 Å². The van der Waals surface area contributed by atoms with Gasteiger partial charge in [0, 0.05) is 54.6 Å². The van der Waals surface area contributed by atoms with Gasteiger partial charge in [0.05, 0.1) is 23.6 Å². The number of anilines is 3. The van der Waals surface area contributed by atoms with Crippen molar-refractivity contribution in [2.24, 2.45) is 0 Å². The molecular formula is C36H47N5O5. The van der Waals surface area contributed by atoms with Crippen LogP contribution in [0.2, 0.25) is 0 Å². The summed E-state index contributed by atoms with van der Waals surface area (Å²) in [6, 6.07) is 13.6. The molecule has 2 aromatic carbocycles. The van der Waals surface area contributed by atoms with Crippen LogP contribution in [0.3, 0.4) is 0 Å². The minimum Gasteiger partial charge on any atom is -0.444 e. The van der Waals surface area contributed by atoms with E-state index in [1.807, 2.05) is 106 Å². The summed E-state index contributed by atoms with van der Waals surface area (Å²) in [5, 5.41) is 4.77. The molecule has 3 amide bonds. The molecule has 0 N–H and O–H groups in total. The van der Waals surface area contributed by atoms with Crippen molar-refractivity contribution >= 4 is 35.2 Å². The number of carbonyl (C=O) groups excluding carboxylic acids is 3. The minimum absolute atomic E-state index is 0.0321. The molecule has 0 unspecified atom stereocenters. The van der Waals surface area contributed by atoms with Crippen molar-refractivity contribution in [2.75, 3.05) is 22.9 Å². The van der Waals surface area contributed by atoms with Crippen molar-refractivity contribution in [3.05, 3.63) is 60.4 Å². The number of amides is 3. The highest BCUT2D eigenvalue weighted by atomic mass is 16.6. The maximum Gasteiger partial charge on any atom is 0.419 e. The molecule has 0 radical (unpaired) electrons. The van der Waals surface area contributed by atoms with Gasteiger partial charge in [-0.25, -0.2) is 14.5 Å². The van der Waals surface area contributed by atoms with Gasteiger partial charge in [-0.15, -0.1) is 0 Å². The molecule has 0 aliphatic carbocycles. The molecule has 0 bridgehead atoms. The van der Waals surface area contributed by atoms with Gasteiger partial charge in [-0.3, -0.25) is 9.48 Å². The van der Waals surface area contributed by atoms with Crippen molar-refractivity contribution in [2.45, 2.75) is 104 Å². The quantitative estimate of drug-likeness (QED) is 0.291. The Hall–Kier alpha value is -4.34. The third kappa shape index (κ3) is 7.21. The van der Waals surface area contributed by atoms with E-state index in [0.29, 0.717) is 30.9 Å². The molecular weight excluding hydrogens is 582 g/mol. The van der Waals surface area contributed by atoms with E-state index in [0.717, 1.165) is 41.6 Å². The second-order valence-corrected chi connectivity index (χ2v) is 14.3. The summed E-state index contributed by atoms with van der Waals surface area (Å²) in [5.74, 6) is -0.0405. The van der Waals surface area contributed by atoms with E-state index in [9.17, 15) is 14.4 Å². The lowest BCUT2D eigenvalue weighted by atomic mass is 9.90. The average molecular weight is 630 g/mol. The first-order valence-electron chi connectivity index (χ1n) is 16.2. The fraction of sp³-hybridized carbons (Fsp3) is 0.500. The SMILES string of the molecule is CC(=O)N1c2ccc(-c3cnn(C4CCN(C(=O)OC(C)(C)C)CC4)c3)c(N(C(=O)OC(C)(C)C)c3ccccc3)c2CC[C@@H]1C. The van der Waals surface area contributed by atoms with Crippen molar-refractivity contribution in [3.63, 3.8) is 0 Å². The summed E-state index contributed by atoms with van der Waals surface area (Å²) in [7, 11) is 0. The lowest BCUT2D eigenvalue weighted by Gasteiger charge is -2.38. The van der Waals surface area contributed by atoms with E-state index in [4.69, 9.17) is 14.6 Å². The Morgan fingerprint density at radius 3 is 2.15 bits per heavy atom. The number of hydrogen-bond donors (Lipinski definition) is 0. The molecule has 2 aliphatic rings. The molecule has 0 spiro atoms. The van der Waals surface area contributed by atoms with Gasteiger partial charge in [0.25, 0.3) is 0 Å². The number of para-hydroxylation sites is 1. The number of likely N-dealkylation sites (tertiary alicyclic amines) is 1. The Balaban J connectivity index is 1.56. The maximum atomic E-state index is 14.1. The third-order valence-corrected chi connectivity index (χ3v) is 8.33. The van der Waals surface area contributed by atoms with Crippen LogP contribution in [0.1, 0.15) is 86.3 Å². The van der Waals surface area contributed by atoms with Crippen LogP contribution in [0.15, 0.2) is 54.9 Å². The topological polar surface area (TPSA) is 97.2 Å². The van der Waals surface area contributed by atoms with E-state index >= 15 is 0 Å². The Morgan fingerprint density at radius 1 is 0.891 bits per heavy atom. The fourth-order valence-corrected chi connectivity index (χ4v) is 6.31. The normalized spacial score (nSPS) is 17.3. The average Bonchev–Trinajstić information content (AvgIpc) is 3.46. The molecule has 3 heterocycles. The second kappa shape index (κ2) is 12.8. The smallest absolute Gasteiger partial charge is 0.419 e. The zero-order valence-corrected chi connectivity index (χ0v) is 28.4. The first-order valence-corrected chi connectivity index (χ1v) is 16.2. The van der Waals surface area contributed by atoms with Crippen molar-refractivity contribution in [1.82, 2.24) is 14.7 Å². The largest absolute Gasteiger partial charge is 0.444 e. The number of piperidine rings is 1. The molecule has 10 nitrogen and oxygen atoms in total. The van der Waals surface area contributed by atoms with Crippen LogP contribution in [-0.2, 0) is 20.7 Å². The third-order valence-electron chi connectivity index (χ3n) is 8.33. The zero-order valence-electron chi connectivity index (χ0n) is 28.4. The van der Waals surface area contributed by atoms with Gasteiger partial charge in [-0.2, -0.15) is 5.10 Å². The number of nitrogens with zero attached hydrogens (tertiary/aromatic N) is 5. The van der Waals surface area contributed by atoms with Crippen molar-refractivity contribution in [1.29, 1.82) is 0 Å². The van der Waals surface area contributed by atoms with Gasteiger partial charge < -0.3 is 19.3 Å². The Kier molecular flexibility index (Phi) is 9.20. The van der Waals surface area contributed by atoms with Gasteiger partial charge in [0.1, 0.15) is 11.2 Å². The van der Waals surface area contributed by atoms with Crippen LogP contribution in [-0.4, -0.2) is 63.1 Å². The number of hydrogen-bond acceptors (Lipinski definition) is 6. The van der Waals surface area contributed by atoms with Gasteiger partial charge >= 0.3 is 12.2 Å². The molecule has 5 rings (SSSR count). The minimum atomic E-state index is -0.724. The lowest BCUT2D eigenvalue weighted by molar-refractivity contribution is -0.117. The summed E-state index contributed by atoms with van der Waals surface area (Å²) in [5.41, 5.74) is 3.49. The molecule has 246 valence electrons. The first-order chi connectivity index (χ1) is 21.6. The molecule has 10 heteroatoms. The van der Waals surface area contributed by atoms with Crippen LogP contribution in [0.25, 0.3) is 11.1 Å². The molecule has 0 saturated carbocycles. The predicted molar refractivity (Wildman–Crippen MR) is 179 cm³/mol. The van der Waals surface area contributed by atoms with Crippen LogP contribution in [0.4, 0.5) is 26.7 Å². The molecule has 1 fully saturated rings. The van der Waals surface area contributed by atoms with E-state index in [2.05, 4.69) is 6.92 Å².